The van der Waals surface area contributed by atoms with Gasteiger partial charge < -0.3 is 31.7 Å². The first-order valence-corrected chi connectivity index (χ1v) is 11.5. The Hall–Kier alpha value is -4.18. The second-order valence-corrected chi connectivity index (χ2v) is 8.27. The lowest BCUT2D eigenvalue weighted by Gasteiger charge is -2.28. The number of nitrogens with zero attached hydrogens (tertiary/aromatic N) is 5. The van der Waals surface area contributed by atoms with Crippen molar-refractivity contribution in [1.29, 1.82) is 0 Å². The number of aromatic nitrogens is 2. The first kappa shape index (κ1) is 24.0. The fourth-order valence-electron chi connectivity index (χ4n) is 3.63. The van der Waals surface area contributed by atoms with Gasteiger partial charge >= 0.3 is 0 Å². The summed E-state index contributed by atoms with van der Waals surface area (Å²) >= 11 is 0. The maximum atomic E-state index is 6.01. The maximum absolute atomic E-state index is 6.01. The largest absolute Gasteiger partial charge is 0.378 e. The lowest BCUT2D eigenvalue weighted by atomic mass is 10.1. The first-order chi connectivity index (χ1) is 17.0. The van der Waals surface area contributed by atoms with Gasteiger partial charge in [0.05, 0.1) is 13.2 Å². The number of benzene rings is 2. The Kier molecular flexibility index (Phi) is 7.74. The molecular formula is C25H31N9O. The Morgan fingerprint density at radius 1 is 1.00 bits per heavy atom. The zero-order valence-corrected chi connectivity index (χ0v) is 20.0. The molecule has 35 heavy (non-hydrogen) atoms. The maximum Gasteiger partial charge on any atom is 0.225 e. The smallest absolute Gasteiger partial charge is 0.225 e. The molecule has 1 aliphatic rings. The number of rotatable bonds is 6. The van der Waals surface area contributed by atoms with Gasteiger partial charge in [-0.15, -0.1) is 0 Å². The number of hydrogen-bond acceptors (Lipinski definition) is 6. The van der Waals surface area contributed by atoms with Gasteiger partial charge in [0.15, 0.2) is 5.82 Å². The topological polar surface area (TPSA) is 139 Å². The summed E-state index contributed by atoms with van der Waals surface area (Å²) in [5.74, 6) is 1.14. The molecule has 0 atom stereocenters. The van der Waals surface area contributed by atoms with Gasteiger partial charge in [-0.2, -0.15) is 9.98 Å². The molecule has 0 amide bonds. The van der Waals surface area contributed by atoms with Crippen molar-refractivity contribution in [3.8, 4) is 0 Å². The molecule has 10 nitrogen and oxygen atoms in total. The number of hydrogen-bond donors (Lipinski definition) is 4. The number of aliphatic imine (C=N–C) groups is 2. The van der Waals surface area contributed by atoms with Crippen molar-refractivity contribution in [2.75, 3.05) is 41.8 Å². The van der Waals surface area contributed by atoms with Crippen LogP contribution in [0, 0.1) is 13.8 Å². The number of anilines is 3. The highest BCUT2D eigenvalue weighted by atomic mass is 16.5. The van der Waals surface area contributed by atoms with E-state index in [-0.39, 0.29) is 11.9 Å². The number of nitrogens with two attached hydrogens (primary N) is 2. The average Bonchev–Trinajstić information content (AvgIpc) is 2.86. The van der Waals surface area contributed by atoms with Gasteiger partial charge in [-0.25, -0.2) is 9.97 Å². The number of nitrogens with one attached hydrogen (secondary N) is 2. The molecule has 10 heteroatoms. The van der Waals surface area contributed by atoms with E-state index in [1.807, 2.05) is 24.3 Å². The van der Waals surface area contributed by atoms with Crippen LogP contribution < -0.4 is 27.0 Å². The van der Waals surface area contributed by atoms with Crippen molar-refractivity contribution < 1.29 is 4.74 Å². The van der Waals surface area contributed by atoms with Crippen molar-refractivity contribution in [3.63, 3.8) is 0 Å². The fourth-order valence-corrected chi connectivity index (χ4v) is 3.63. The van der Waals surface area contributed by atoms with Gasteiger partial charge in [-0.05, 0) is 54.8 Å². The Labute approximate surface area is 205 Å². The molecule has 1 saturated heterocycles. The molecule has 0 aliphatic carbocycles. The second-order valence-electron chi connectivity index (χ2n) is 8.27. The first-order valence-electron chi connectivity index (χ1n) is 11.5. The average molecular weight is 474 g/mol. The number of ether oxygens (including phenoxy) is 1. The lowest BCUT2D eigenvalue weighted by Crippen LogP contribution is -2.36. The van der Waals surface area contributed by atoms with Crippen LogP contribution in [0.3, 0.4) is 0 Å². The van der Waals surface area contributed by atoms with Crippen molar-refractivity contribution in [3.05, 3.63) is 71.5 Å². The van der Waals surface area contributed by atoms with Crippen molar-refractivity contribution >= 4 is 34.9 Å². The summed E-state index contributed by atoms with van der Waals surface area (Å²) in [5.41, 5.74) is 17.6. The molecule has 4 rings (SSSR count). The molecule has 0 saturated carbocycles. The van der Waals surface area contributed by atoms with Crippen LogP contribution in [0.15, 0.2) is 64.8 Å². The Balaban J connectivity index is 1.35. The van der Waals surface area contributed by atoms with Crippen LogP contribution in [-0.4, -0.2) is 48.2 Å². The SMILES string of the molecule is Cc1ccc(CNc2cc(N=C(N)N=C(N)Nc3ccc(N4CCOCC4)cc3)ncn2)cc1C. The summed E-state index contributed by atoms with van der Waals surface area (Å²) < 4.78 is 5.40. The van der Waals surface area contributed by atoms with E-state index in [0.717, 1.165) is 43.2 Å². The number of morpholine rings is 1. The van der Waals surface area contributed by atoms with Gasteiger partial charge in [-0.1, -0.05) is 18.2 Å². The molecule has 6 N–H and O–H groups in total. The van der Waals surface area contributed by atoms with Gasteiger partial charge in [0, 0.05) is 37.1 Å². The molecule has 0 bridgehead atoms. The zero-order chi connectivity index (χ0) is 24.6. The normalized spacial score (nSPS) is 14.6. The van der Waals surface area contributed by atoms with Crippen LogP contribution in [0.2, 0.25) is 0 Å². The summed E-state index contributed by atoms with van der Waals surface area (Å²) in [5, 5.41) is 6.30. The summed E-state index contributed by atoms with van der Waals surface area (Å²) in [7, 11) is 0. The third-order valence-corrected chi connectivity index (χ3v) is 5.68. The van der Waals surface area contributed by atoms with Crippen LogP contribution in [0.4, 0.5) is 23.0 Å². The Morgan fingerprint density at radius 3 is 2.51 bits per heavy atom. The minimum absolute atomic E-state index is 0.0150. The lowest BCUT2D eigenvalue weighted by molar-refractivity contribution is 0.122. The van der Waals surface area contributed by atoms with Crippen LogP contribution >= 0.6 is 0 Å². The highest BCUT2D eigenvalue weighted by Crippen LogP contribution is 2.19. The van der Waals surface area contributed by atoms with Crippen LogP contribution in [0.1, 0.15) is 16.7 Å². The van der Waals surface area contributed by atoms with Crippen molar-refractivity contribution in [2.45, 2.75) is 20.4 Å². The third kappa shape index (κ3) is 6.90. The molecule has 0 unspecified atom stereocenters. The van der Waals surface area contributed by atoms with Crippen LogP contribution in [-0.2, 0) is 11.3 Å². The standard InChI is InChI=1S/C25H31N9O/c1-17-3-4-19(13-18(17)2)15-28-22-14-23(30-16-29-22)32-25(27)33-24(26)31-20-5-7-21(8-6-20)34-9-11-35-12-10-34/h3-8,13-14,16H,9-12,15H2,1-2H3,(H6,26,27,28,29,30,31,32,33). The van der Waals surface area contributed by atoms with E-state index in [2.05, 4.69) is 67.5 Å². The molecule has 2 aromatic carbocycles. The van der Waals surface area contributed by atoms with E-state index in [1.54, 1.807) is 6.07 Å². The van der Waals surface area contributed by atoms with E-state index < -0.39 is 0 Å². The van der Waals surface area contributed by atoms with Crippen LogP contribution in [0.25, 0.3) is 0 Å². The minimum Gasteiger partial charge on any atom is -0.378 e. The van der Waals surface area contributed by atoms with Crippen molar-refractivity contribution in [1.82, 2.24) is 9.97 Å². The predicted octanol–water partition coefficient (Wildman–Crippen LogP) is 2.92. The fraction of sp³-hybridized carbons (Fsp3) is 0.280. The molecule has 2 heterocycles. The predicted molar refractivity (Wildman–Crippen MR) is 141 cm³/mol. The number of guanidine groups is 2. The second kappa shape index (κ2) is 11.3. The zero-order valence-electron chi connectivity index (χ0n) is 20.0. The molecule has 0 radical (unpaired) electrons. The Morgan fingerprint density at radius 2 is 1.77 bits per heavy atom. The Bertz CT molecular complexity index is 1200. The molecular weight excluding hydrogens is 442 g/mol. The molecule has 1 aromatic heterocycles. The van der Waals surface area contributed by atoms with Gasteiger partial charge in [0.25, 0.3) is 0 Å². The van der Waals surface area contributed by atoms with Gasteiger partial charge in [0.1, 0.15) is 12.1 Å². The van der Waals surface area contributed by atoms with E-state index in [9.17, 15) is 0 Å². The summed E-state index contributed by atoms with van der Waals surface area (Å²) in [4.78, 5) is 19.0. The third-order valence-electron chi connectivity index (χ3n) is 5.68. The van der Waals surface area contributed by atoms with Gasteiger partial charge in [-0.3, -0.25) is 0 Å². The summed E-state index contributed by atoms with van der Waals surface area (Å²) in [6, 6.07) is 16.0. The number of aryl methyl sites for hydroxylation is 2. The van der Waals surface area contributed by atoms with E-state index in [4.69, 9.17) is 16.2 Å². The van der Waals surface area contributed by atoms with E-state index >= 15 is 0 Å². The molecule has 1 aliphatic heterocycles. The molecule has 0 spiro atoms. The molecule has 1 fully saturated rings. The van der Waals surface area contributed by atoms with Gasteiger partial charge in [0.2, 0.25) is 11.9 Å². The van der Waals surface area contributed by atoms with Crippen LogP contribution in [0.5, 0.6) is 0 Å². The monoisotopic (exact) mass is 473 g/mol. The molecule has 182 valence electrons. The highest BCUT2D eigenvalue weighted by Gasteiger charge is 2.11. The molecule has 3 aromatic rings. The van der Waals surface area contributed by atoms with Crippen molar-refractivity contribution in [2.24, 2.45) is 21.5 Å². The van der Waals surface area contributed by atoms with E-state index in [1.165, 1.54) is 17.5 Å². The summed E-state index contributed by atoms with van der Waals surface area (Å²) in [6.45, 7) is 8.09. The summed E-state index contributed by atoms with van der Waals surface area (Å²) in [6.07, 6.45) is 1.43. The quantitative estimate of drug-likeness (QED) is 0.317. The van der Waals surface area contributed by atoms with E-state index in [0.29, 0.717) is 18.2 Å². The minimum atomic E-state index is -0.0150. The highest BCUT2D eigenvalue weighted by molar-refractivity contribution is 6.01.